The van der Waals surface area contributed by atoms with Gasteiger partial charge in [-0.15, -0.1) is 24.0 Å². The fraction of sp³-hybridized carbons (Fsp3) is 0.533. The number of nitrogens with zero attached hydrogens (tertiary/aromatic N) is 1. The number of halogens is 4. The van der Waals surface area contributed by atoms with Crippen LogP contribution in [0.25, 0.3) is 0 Å². The quantitative estimate of drug-likeness (QED) is 0.253. The molecule has 0 saturated heterocycles. The van der Waals surface area contributed by atoms with E-state index >= 15 is 0 Å². The Morgan fingerprint density at radius 2 is 1.72 bits per heavy atom. The Morgan fingerprint density at radius 3 is 2.28 bits per heavy atom. The van der Waals surface area contributed by atoms with Gasteiger partial charge in [-0.1, -0.05) is 30.3 Å². The van der Waals surface area contributed by atoms with Crippen LogP contribution in [0, 0.1) is 0 Å². The molecule has 0 bridgehead atoms. The molecule has 1 aromatic carbocycles. The standard InChI is InChI=1S/C15H22F3N3O2S.HI/c1-19-14(21-10-8-15(16,17)18)20-9-5-11-24(22,23)12-13-6-3-2-4-7-13;/h2-4,6-7H,5,8-12H2,1H3,(H2,19,20,21);1H. The smallest absolute Gasteiger partial charge is 0.356 e. The van der Waals surface area contributed by atoms with E-state index in [0.29, 0.717) is 13.0 Å². The molecule has 0 spiro atoms. The van der Waals surface area contributed by atoms with E-state index in [0.717, 1.165) is 5.56 Å². The molecule has 10 heteroatoms. The molecule has 25 heavy (non-hydrogen) atoms. The van der Waals surface area contributed by atoms with Crippen molar-refractivity contribution in [2.45, 2.75) is 24.8 Å². The maximum absolute atomic E-state index is 12.1. The fourth-order valence-electron chi connectivity index (χ4n) is 1.94. The average Bonchev–Trinajstić information content (AvgIpc) is 2.49. The first-order valence-corrected chi connectivity index (χ1v) is 9.29. The Bertz CT molecular complexity index is 623. The molecule has 1 rings (SSSR count). The summed E-state index contributed by atoms with van der Waals surface area (Å²) in [5.41, 5.74) is 0.732. The van der Waals surface area contributed by atoms with Gasteiger partial charge in [0.05, 0.1) is 17.9 Å². The number of benzene rings is 1. The minimum atomic E-state index is -4.22. The number of hydrogen-bond acceptors (Lipinski definition) is 3. The molecule has 5 nitrogen and oxygen atoms in total. The van der Waals surface area contributed by atoms with Gasteiger partial charge in [-0.25, -0.2) is 8.42 Å². The first-order chi connectivity index (χ1) is 11.2. The summed E-state index contributed by atoms with van der Waals surface area (Å²) in [4.78, 5) is 3.79. The van der Waals surface area contributed by atoms with Crippen LogP contribution in [0.3, 0.4) is 0 Å². The summed E-state index contributed by atoms with van der Waals surface area (Å²) in [6.07, 6.45) is -4.84. The summed E-state index contributed by atoms with van der Waals surface area (Å²) in [5, 5.41) is 5.33. The van der Waals surface area contributed by atoms with E-state index < -0.39 is 22.4 Å². The Morgan fingerprint density at radius 1 is 1.12 bits per heavy atom. The number of sulfone groups is 1. The zero-order valence-electron chi connectivity index (χ0n) is 13.8. The van der Waals surface area contributed by atoms with Gasteiger partial charge in [0.25, 0.3) is 0 Å². The molecule has 144 valence electrons. The van der Waals surface area contributed by atoms with E-state index in [1.54, 1.807) is 24.3 Å². The summed E-state index contributed by atoms with van der Waals surface area (Å²) >= 11 is 0. The van der Waals surface area contributed by atoms with E-state index in [2.05, 4.69) is 15.6 Å². The van der Waals surface area contributed by atoms with Gasteiger partial charge in [0, 0.05) is 20.1 Å². The van der Waals surface area contributed by atoms with Crippen LogP contribution in [0.4, 0.5) is 13.2 Å². The van der Waals surface area contributed by atoms with Crippen molar-refractivity contribution in [2.24, 2.45) is 4.99 Å². The normalized spacial score (nSPS) is 12.4. The minimum Gasteiger partial charge on any atom is -0.356 e. The van der Waals surface area contributed by atoms with Gasteiger partial charge < -0.3 is 10.6 Å². The lowest BCUT2D eigenvalue weighted by atomic mass is 10.2. The summed E-state index contributed by atoms with van der Waals surface area (Å²) in [6.45, 7) is 0.0230. The zero-order chi connectivity index (χ0) is 18.1. The summed E-state index contributed by atoms with van der Waals surface area (Å²) in [5.74, 6) is 0.195. The molecular formula is C15H23F3IN3O2S. The highest BCUT2D eigenvalue weighted by Gasteiger charge is 2.26. The second kappa shape index (κ2) is 11.6. The molecular weight excluding hydrogens is 470 g/mol. The van der Waals surface area contributed by atoms with Gasteiger partial charge in [-0.3, -0.25) is 4.99 Å². The van der Waals surface area contributed by atoms with Gasteiger partial charge in [0.1, 0.15) is 0 Å². The molecule has 0 heterocycles. The number of aliphatic imine (C=N–C) groups is 1. The maximum Gasteiger partial charge on any atom is 0.390 e. The second-order valence-corrected chi connectivity index (χ2v) is 7.41. The molecule has 2 N–H and O–H groups in total. The van der Waals surface area contributed by atoms with Crippen LogP contribution in [-0.4, -0.2) is 46.4 Å². The van der Waals surface area contributed by atoms with Crippen molar-refractivity contribution >= 4 is 39.8 Å². The van der Waals surface area contributed by atoms with Crippen LogP contribution in [-0.2, 0) is 15.6 Å². The van der Waals surface area contributed by atoms with Crippen molar-refractivity contribution in [3.63, 3.8) is 0 Å². The molecule has 0 atom stereocenters. The third-order valence-electron chi connectivity index (χ3n) is 3.08. The molecule has 0 radical (unpaired) electrons. The molecule has 0 aliphatic heterocycles. The molecule has 0 saturated carbocycles. The topological polar surface area (TPSA) is 70.6 Å². The Balaban J connectivity index is 0.00000576. The van der Waals surface area contributed by atoms with E-state index in [9.17, 15) is 21.6 Å². The number of rotatable bonds is 8. The van der Waals surface area contributed by atoms with Crippen LogP contribution in [0.1, 0.15) is 18.4 Å². The van der Waals surface area contributed by atoms with Crippen LogP contribution in [0.15, 0.2) is 35.3 Å². The molecule has 0 aliphatic rings. The lowest BCUT2D eigenvalue weighted by Gasteiger charge is -2.13. The van der Waals surface area contributed by atoms with Crippen LogP contribution in [0.5, 0.6) is 0 Å². The molecule has 0 amide bonds. The van der Waals surface area contributed by atoms with E-state index in [1.807, 2.05) is 6.07 Å². The van der Waals surface area contributed by atoms with Crippen LogP contribution >= 0.6 is 24.0 Å². The third kappa shape index (κ3) is 12.0. The van der Waals surface area contributed by atoms with E-state index in [1.165, 1.54) is 7.05 Å². The molecule has 0 unspecified atom stereocenters. The average molecular weight is 493 g/mol. The zero-order valence-corrected chi connectivity index (χ0v) is 17.0. The Kier molecular flexibility index (Phi) is 11.1. The second-order valence-electron chi connectivity index (χ2n) is 5.22. The summed E-state index contributed by atoms with van der Waals surface area (Å²) in [7, 11) is -1.79. The predicted molar refractivity (Wildman–Crippen MR) is 104 cm³/mol. The van der Waals surface area contributed by atoms with Gasteiger partial charge in [-0.05, 0) is 12.0 Å². The first kappa shape index (κ1) is 24.0. The lowest BCUT2D eigenvalue weighted by Crippen LogP contribution is -2.39. The fourth-order valence-corrected chi connectivity index (χ4v) is 3.37. The Labute approximate surface area is 163 Å². The van der Waals surface area contributed by atoms with Crippen LogP contribution < -0.4 is 10.6 Å². The van der Waals surface area contributed by atoms with Gasteiger partial charge in [0.15, 0.2) is 15.8 Å². The highest BCUT2D eigenvalue weighted by molar-refractivity contribution is 14.0. The molecule has 0 aromatic heterocycles. The molecule has 1 aromatic rings. The number of alkyl halides is 3. The molecule has 0 aliphatic carbocycles. The highest BCUT2D eigenvalue weighted by atomic mass is 127. The largest absolute Gasteiger partial charge is 0.390 e. The van der Waals surface area contributed by atoms with Crippen molar-refractivity contribution in [2.75, 3.05) is 25.9 Å². The van der Waals surface area contributed by atoms with Crippen molar-refractivity contribution < 1.29 is 21.6 Å². The monoisotopic (exact) mass is 493 g/mol. The van der Waals surface area contributed by atoms with Crippen molar-refractivity contribution in [3.05, 3.63) is 35.9 Å². The number of guanidine groups is 1. The van der Waals surface area contributed by atoms with Gasteiger partial charge in [-0.2, -0.15) is 13.2 Å². The summed E-state index contributed by atoms with van der Waals surface area (Å²) in [6, 6.07) is 8.88. The lowest BCUT2D eigenvalue weighted by molar-refractivity contribution is -0.132. The molecule has 0 fully saturated rings. The van der Waals surface area contributed by atoms with Crippen molar-refractivity contribution in [1.29, 1.82) is 0 Å². The first-order valence-electron chi connectivity index (χ1n) is 7.47. The SMILES string of the molecule is CN=C(NCCCS(=O)(=O)Cc1ccccc1)NCCC(F)(F)F.I. The van der Waals surface area contributed by atoms with Gasteiger partial charge in [0.2, 0.25) is 0 Å². The number of hydrogen-bond donors (Lipinski definition) is 2. The minimum absolute atomic E-state index is 0. The number of nitrogens with one attached hydrogen (secondary N) is 2. The van der Waals surface area contributed by atoms with Crippen molar-refractivity contribution in [1.82, 2.24) is 10.6 Å². The summed E-state index contributed by atoms with van der Waals surface area (Å²) < 4.78 is 60.2. The highest BCUT2D eigenvalue weighted by Crippen LogP contribution is 2.18. The third-order valence-corrected chi connectivity index (χ3v) is 4.76. The van der Waals surface area contributed by atoms with E-state index in [-0.39, 0.29) is 48.0 Å². The van der Waals surface area contributed by atoms with Crippen LogP contribution in [0.2, 0.25) is 0 Å². The van der Waals surface area contributed by atoms with Crippen molar-refractivity contribution in [3.8, 4) is 0 Å². The predicted octanol–water partition coefficient (Wildman–Crippen LogP) is 2.73. The van der Waals surface area contributed by atoms with E-state index in [4.69, 9.17) is 0 Å². The van der Waals surface area contributed by atoms with Gasteiger partial charge >= 0.3 is 6.18 Å². The maximum atomic E-state index is 12.1. The Hall–Kier alpha value is -1.04.